The van der Waals surface area contributed by atoms with Gasteiger partial charge in [0, 0.05) is 6.42 Å². The van der Waals surface area contributed by atoms with Crippen LogP contribution in [0.2, 0.25) is 0 Å². The van der Waals surface area contributed by atoms with Crippen LogP contribution in [0.3, 0.4) is 0 Å². The molecule has 0 aromatic carbocycles. The van der Waals surface area contributed by atoms with Crippen molar-refractivity contribution in [1.82, 2.24) is 0 Å². The lowest BCUT2D eigenvalue weighted by Crippen LogP contribution is -2.20. The Morgan fingerprint density at radius 3 is 1.51 bits per heavy atom. The van der Waals surface area contributed by atoms with Gasteiger partial charge in [-0.05, 0) is 69.3 Å². The van der Waals surface area contributed by atoms with E-state index < -0.39 is 0 Å². The van der Waals surface area contributed by atoms with Gasteiger partial charge in [0.05, 0.1) is 24.1 Å². The van der Waals surface area contributed by atoms with Crippen molar-refractivity contribution in [3.8, 4) is 0 Å². The van der Waals surface area contributed by atoms with Crippen LogP contribution in [0.5, 0.6) is 0 Å². The molecule has 1 aliphatic carbocycles. The van der Waals surface area contributed by atoms with Crippen LogP contribution in [-0.2, 0) is 4.74 Å². The summed E-state index contributed by atoms with van der Waals surface area (Å²) < 4.78 is 6.13. The fourth-order valence-electron chi connectivity index (χ4n) is 6.23. The molecular formula is C32H60O3. The van der Waals surface area contributed by atoms with Gasteiger partial charge in [-0.3, -0.25) is 0 Å². The first-order chi connectivity index (χ1) is 17.0. The smallest absolute Gasteiger partial charge is 0.0987 e. The summed E-state index contributed by atoms with van der Waals surface area (Å²) in [5, 5.41) is 19.9. The first-order valence-electron chi connectivity index (χ1n) is 15.8. The molecule has 35 heavy (non-hydrogen) atoms. The molecular weight excluding hydrogens is 432 g/mol. The summed E-state index contributed by atoms with van der Waals surface area (Å²) in [7, 11) is 0. The molecule has 3 heteroatoms. The number of hydrogen-bond donors (Lipinski definition) is 2. The van der Waals surface area contributed by atoms with Crippen LogP contribution in [0.1, 0.15) is 162 Å². The minimum absolute atomic E-state index is 0.155. The van der Waals surface area contributed by atoms with Crippen molar-refractivity contribution in [1.29, 1.82) is 0 Å². The molecule has 1 saturated heterocycles. The van der Waals surface area contributed by atoms with Gasteiger partial charge in [0.15, 0.2) is 0 Å². The topological polar surface area (TPSA) is 49.7 Å². The zero-order chi connectivity index (χ0) is 25.1. The zero-order valence-electron chi connectivity index (χ0n) is 23.5. The van der Waals surface area contributed by atoms with Crippen molar-refractivity contribution >= 4 is 0 Å². The maximum absolute atomic E-state index is 9.95. The van der Waals surface area contributed by atoms with Gasteiger partial charge < -0.3 is 14.9 Å². The number of fused-ring (bicyclic) bond motifs is 2. The van der Waals surface area contributed by atoms with E-state index in [0.717, 1.165) is 44.4 Å². The Bertz CT molecular complexity index is 511. The normalized spacial score (nSPS) is 33.5. The van der Waals surface area contributed by atoms with Gasteiger partial charge in [0.1, 0.15) is 0 Å². The summed E-state index contributed by atoms with van der Waals surface area (Å²) >= 11 is 0. The monoisotopic (exact) mass is 492 g/mol. The molecule has 4 unspecified atom stereocenters. The van der Waals surface area contributed by atoms with Crippen LogP contribution in [0.15, 0.2) is 11.8 Å². The molecule has 2 bridgehead atoms. The fourth-order valence-corrected chi connectivity index (χ4v) is 6.23. The minimum atomic E-state index is -0.155. The summed E-state index contributed by atoms with van der Waals surface area (Å²) in [4.78, 5) is 0. The molecule has 0 amide bonds. The molecule has 0 radical (unpaired) electrons. The molecule has 1 saturated carbocycles. The van der Waals surface area contributed by atoms with Crippen LogP contribution in [0.4, 0.5) is 0 Å². The number of rotatable bonds is 0. The Labute approximate surface area is 218 Å². The van der Waals surface area contributed by atoms with E-state index in [4.69, 9.17) is 4.74 Å². The van der Waals surface area contributed by atoms with Gasteiger partial charge >= 0.3 is 0 Å². The molecule has 3 nitrogen and oxygen atoms in total. The standard InChI is InChI=1S/C16H32O2.C16H28O/c1-14-12-15(17)10-8-6-4-2-3-5-7-9-11-16(18)13-14;1-14-12-15-10-8-6-4-2-3-5-7-9-11-16(13-14)17-15/h14-18H,2-13H2,1H3;12,14,16H,2-11,13H2,1H3. The Morgan fingerprint density at radius 2 is 1.00 bits per heavy atom. The first kappa shape index (κ1) is 30.7. The van der Waals surface area contributed by atoms with E-state index in [1.807, 2.05) is 0 Å². The number of ether oxygens (including phenoxy) is 1. The average molecular weight is 493 g/mol. The average Bonchev–Trinajstić information content (AvgIpc) is 2.81. The van der Waals surface area contributed by atoms with Crippen LogP contribution in [0.25, 0.3) is 0 Å². The van der Waals surface area contributed by atoms with E-state index in [2.05, 4.69) is 19.9 Å². The predicted octanol–water partition coefficient (Wildman–Crippen LogP) is 9.25. The molecule has 2 aliphatic heterocycles. The lowest BCUT2D eigenvalue weighted by atomic mass is 9.93. The lowest BCUT2D eigenvalue weighted by molar-refractivity contribution is 0.0662. The van der Waals surface area contributed by atoms with Crippen LogP contribution in [0, 0.1) is 11.8 Å². The second-order valence-electron chi connectivity index (χ2n) is 12.2. The third-order valence-corrected chi connectivity index (χ3v) is 8.30. The Morgan fingerprint density at radius 1 is 0.571 bits per heavy atom. The first-order valence-corrected chi connectivity index (χ1v) is 15.8. The quantitative estimate of drug-likeness (QED) is 0.354. The second kappa shape index (κ2) is 19.6. The largest absolute Gasteiger partial charge is 0.495 e. The van der Waals surface area contributed by atoms with Gasteiger partial charge in [-0.15, -0.1) is 0 Å². The van der Waals surface area contributed by atoms with Crippen LogP contribution in [-0.4, -0.2) is 28.5 Å². The van der Waals surface area contributed by atoms with E-state index in [1.54, 1.807) is 0 Å². The van der Waals surface area contributed by atoms with Gasteiger partial charge in [-0.25, -0.2) is 0 Å². The molecule has 0 aromatic rings. The van der Waals surface area contributed by atoms with E-state index in [-0.39, 0.29) is 12.2 Å². The Hall–Kier alpha value is -0.540. The molecule has 2 N–H and O–H groups in total. The van der Waals surface area contributed by atoms with Gasteiger partial charge in [-0.2, -0.15) is 0 Å². The molecule has 0 spiro atoms. The highest BCUT2D eigenvalue weighted by Gasteiger charge is 2.20. The third-order valence-electron chi connectivity index (χ3n) is 8.30. The van der Waals surface area contributed by atoms with Crippen molar-refractivity contribution in [2.75, 3.05) is 0 Å². The lowest BCUT2D eigenvalue weighted by Gasteiger charge is -2.28. The van der Waals surface area contributed by atoms with Crippen molar-refractivity contribution in [2.45, 2.75) is 180 Å². The molecule has 3 aliphatic rings. The van der Waals surface area contributed by atoms with Gasteiger partial charge in [-0.1, -0.05) is 104 Å². The predicted molar refractivity (Wildman–Crippen MR) is 149 cm³/mol. The van der Waals surface area contributed by atoms with Crippen molar-refractivity contribution in [3.05, 3.63) is 11.8 Å². The number of aliphatic hydroxyl groups is 2. The third kappa shape index (κ3) is 16.0. The highest BCUT2D eigenvalue weighted by Crippen LogP contribution is 2.29. The maximum atomic E-state index is 9.95. The summed E-state index contributed by atoms with van der Waals surface area (Å²) in [5.41, 5.74) is 0. The highest BCUT2D eigenvalue weighted by molar-refractivity contribution is 5.01. The SMILES string of the molecule is CC1C=C2CCCCCCCCCCC(C1)O2.CC1CC(O)CCCCCCCCCCC(O)C1. The molecule has 2 fully saturated rings. The summed E-state index contributed by atoms with van der Waals surface area (Å²) in [6, 6.07) is 0. The van der Waals surface area contributed by atoms with E-state index in [0.29, 0.717) is 12.0 Å². The maximum Gasteiger partial charge on any atom is 0.0987 e. The number of allylic oxidation sites excluding steroid dienone is 2. The fraction of sp³-hybridized carbons (Fsp3) is 0.938. The van der Waals surface area contributed by atoms with Crippen molar-refractivity contribution in [3.63, 3.8) is 0 Å². The molecule has 3 rings (SSSR count). The number of hydrogen-bond acceptors (Lipinski definition) is 3. The Kier molecular flexibility index (Phi) is 17.1. The number of aliphatic hydroxyl groups excluding tert-OH is 2. The van der Waals surface area contributed by atoms with Crippen LogP contribution < -0.4 is 0 Å². The van der Waals surface area contributed by atoms with Crippen LogP contribution >= 0.6 is 0 Å². The van der Waals surface area contributed by atoms with Gasteiger partial charge in [0.25, 0.3) is 0 Å². The Balaban J connectivity index is 0.000000247. The summed E-state index contributed by atoms with van der Waals surface area (Å²) in [5.74, 6) is 2.47. The second-order valence-corrected chi connectivity index (χ2v) is 12.2. The van der Waals surface area contributed by atoms with E-state index in [1.165, 1.54) is 115 Å². The zero-order valence-corrected chi connectivity index (χ0v) is 23.5. The summed E-state index contributed by atoms with van der Waals surface area (Å²) in [6.45, 7) is 4.50. The minimum Gasteiger partial charge on any atom is -0.495 e. The van der Waals surface area contributed by atoms with E-state index >= 15 is 0 Å². The van der Waals surface area contributed by atoms with Crippen molar-refractivity contribution in [2.24, 2.45) is 11.8 Å². The summed E-state index contributed by atoms with van der Waals surface area (Å²) in [6.07, 6.45) is 31.3. The highest BCUT2D eigenvalue weighted by atomic mass is 16.5. The molecule has 2 heterocycles. The van der Waals surface area contributed by atoms with Gasteiger partial charge in [0.2, 0.25) is 0 Å². The molecule has 0 aromatic heterocycles. The molecule has 4 atom stereocenters. The van der Waals surface area contributed by atoms with E-state index in [9.17, 15) is 10.2 Å². The molecule has 206 valence electrons. The van der Waals surface area contributed by atoms with Crippen molar-refractivity contribution < 1.29 is 14.9 Å².